The molecule has 0 aliphatic rings. The molecule has 39 heavy (non-hydrogen) atoms. The van der Waals surface area contributed by atoms with E-state index in [0.717, 1.165) is 5.56 Å². The number of nitrogens with one attached hydrogen (secondary N) is 1. The van der Waals surface area contributed by atoms with E-state index >= 15 is 0 Å². The molecule has 0 amide bonds. The predicted octanol–water partition coefficient (Wildman–Crippen LogP) is 6.61. The minimum Gasteiger partial charge on any atom is -0.481 e. The van der Waals surface area contributed by atoms with Crippen molar-refractivity contribution in [3.8, 4) is 0 Å². The van der Waals surface area contributed by atoms with E-state index in [1.165, 1.54) is 52.7 Å². The molecule has 0 unspecified atom stereocenters. The molecule has 1 N–H and O–H groups in total. The summed E-state index contributed by atoms with van der Waals surface area (Å²) in [6.07, 6.45) is 0.183. The first-order valence-corrected chi connectivity index (χ1v) is 12.3. The number of benzene rings is 3. The van der Waals surface area contributed by atoms with Gasteiger partial charge in [0.15, 0.2) is 5.90 Å². The zero-order chi connectivity index (χ0) is 27.8. The van der Waals surface area contributed by atoms with E-state index in [0.29, 0.717) is 23.0 Å². The van der Waals surface area contributed by atoms with Crippen LogP contribution in [-0.2, 0) is 31.2 Å². The van der Waals surface area contributed by atoms with Crippen LogP contribution in [0.15, 0.2) is 65.5 Å². The average molecular weight is 602 g/mol. The van der Waals surface area contributed by atoms with E-state index < -0.39 is 11.6 Å². The van der Waals surface area contributed by atoms with Crippen molar-refractivity contribution in [1.29, 1.82) is 5.41 Å². The lowest BCUT2D eigenvalue weighted by Crippen LogP contribution is -2.24. The zero-order valence-corrected chi connectivity index (χ0v) is 23.4. The highest BCUT2D eigenvalue weighted by Gasteiger charge is 2.16. The lowest BCUT2D eigenvalue weighted by atomic mass is 10.1. The minimum atomic E-state index is -0.450. The summed E-state index contributed by atoms with van der Waals surface area (Å²) < 4.78 is 47.8. The Bertz CT molecular complexity index is 1430. The maximum atomic E-state index is 14.0. The van der Waals surface area contributed by atoms with Crippen molar-refractivity contribution >= 4 is 41.5 Å². The van der Waals surface area contributed by atoms with Crippen molar-refractivity contribution in [1.82, 2.24) is 14.3 Å². The molecule has 1 aromatic heterocycles. The molecule has 0 saturated carbocycles. The van der Waals surface area contributed by atoms with Crippen LogP contribution in [0.5, 0.6) is 0 Å². The van der Waals surface area contributed by atoms with Crippen LogP contribution in [0.3, 0.4) is 0 Å². The summed E-state index contributed by atoms with van der Waals surface area (Å²) in [5.41, 5.74) is 1.01. The summed E-state index contributed by atoms with van der Waals surface area (Å²) >= 11 is 11.8. The molecule has 6 nitrogen and oxygen atoms in total. The molecule has 0 aliphatic carbocycles. The standard InChI is InChI=1S/C17H14ClF2N3O.C10H11ClFNO.ClH/c1-22-17(24)23(10-11-5-7-12(19)8-6-11)16(21-22)9-13-14(18)3-2-4-15(13)20;1-2-14-10(13)6-7-8(11)4-3-5-9(7)12;/h2-8H,9-10H2,1H3;3-5,13H,2,6H2,1H3;1H. The second-order valence-corrected chi connectivity index (χ2v) is 8.96. The highest BCUT2D eigenvalue weighted by molar-refractivity contribution is 6.31. The van der Waals surface area contributed by atoms with Crippen molar-refractivity contribution in [3.05, 3.63) is 121 Å². The van der Waals surface area contributed by atoms with Crippen molar-refractivity contribution in [2.75, 3.05) is 6.61 Å². The lowest BCUT2D eigenvalue weighted by molar-refractivity contribution is 0.316. The summed E-state index contributed by atoms with van der Waals surface area (Å²) in [5.74, 6) is -0.787. The summed E-state index contributed by atoms with van der Waals surface area (Å²) in [6, 6.07) is 14.7. The molecular formula is C27H26Cl3F3N4O2. The smallest absolute Gasteiger partial charge is 0.345 e. The molecule has 1 heterocycles. The van der Waals surface area contributed by atoms with Crippen LogP contribution in [-0.4, -0.2) is 26.9 Å². The second kappa shape index (κ2) is 14.8. The number of aryl methyl sites for hydroxylation is 1. The Morgan fingerprint density at radius 1 is 0.949 bits per heavy atom. The van der Waals surface area contributed by atoms with Gasteiger partial charge in [-0.1, -0.05) is 47.5 Å². The van der Waals surface area contributed by atoms with Gasteiger partial charge in [0, 0.05) is 34.6 Å². The molecule has 0 atom stereocenters. The summed E-state index contributed by atoms with van der Waals surface area (Å²) in [7, 11) is 1.52. The molecular weight excluding hydrogens is 576 g/mol. The zero-order valence-electron chi connectivity index (χ0n) is 21.1. The number of hydrogen-bond donors (Lipinski definition) is 1. The number of rotatable bonds is 7. The average Bonchev–Trinajstić information content (AvgIpc) is 3.13. The van der Waals surface area contributed by atoms with Crippen molar-refractivity contribution < 1.29 is 17.9 Å². The first-order chi connectivity index (χ1) is 18.1. The molecule has 4 aromatic rings. The Hall–Kier alpha value is -3.27. The van der Waals surface area contributed by atoms with Gasteiger partial charge in [0.25, 0.3) is 0 Å². The first kappa shape index (κ1) is 31.9. The Balaban J connectivity index is 0.000000306. The molecule has 208 valence electrons. The van der Waals surface area contributed by atoms with Gasteiger partial charge in [-0.25, -0.2) is 22.6 Å². The Morgan fingerprint density at radius 3 is 2.05 bits per heavy atom. The third-order valence-corrected chi connectivity index (χ3v) is 6.16. The molecule has 0 bridgehead atoms. The van der Waals surface area contributed by atoms with E-state index in [1.54, 1.807) is 31.2 Å². The van der Waals surface area contributed by atoms with Crippen molar-refractivity contribution in [2.45, 2.75) is 26.3 Å². The lowest BCUT2D eigenvalue weighted by Gasteiger charge is -2.08. The van der Waals surface area contributed by atoms with Gasteiger partial charge in [0.2, 0.25) is 0 Å². The number of ether oxygens (including phenoxy) is 1. The van der Waals surface area contributed by atoms with Gasteiger partial charge in [-0.05, 0) is 48.9 Å². The van der Waals surface area contributed by atoms with E-state index in [1.807, 2.05) is 0 Å². The minimum absolute atomic E-state index is 0. The van der Waals surface area contributed by atoms with Gasteiger partial charge in [-0.3, -0.25) is 9.98 Å². The predicted molar refractivity (Wildman–Crippen MR) is 149 cm³/mol. The van der Waals surface area contributed by atoms with E-state index in [4.69, 9.17) is 33.3 Å². The fourth-order valence-corrected chi connectivity index (χ4v) is 4.02. The maximum absolute atomic E-state index is 14.0. The van der Waals surface area contributed by atoms with Crippen LogP contribution in [0, 0.1) is 22.9 Å². The molecule has 0 fully saturated rings. The number of halogens is 6. The largest absolute Gasteiger partial charge is 0.481 e. The Kier molecular flexibility index (Phi) is 12.1. The maximum Gasteiger partial charge on any atom is 0.345 e. The Morgan fingerprint density at radius 2 is 1.51 bits per heavy atom. The monoisotopic (exact) mass is 600 g/mol. The van der Waals surface area contributed by atoms with Gasteiger partial charge in [0.1, 0.15) is 23.3 Å². The Labute approximate surface area is 239 Å². The van der Waals surface area contributed by atoms with Gasteiger partial charge in [0.05, 0.1) is 19.6 Å². The molecule has 0 radical (unpaired) electrons. The molecule has 0 saturated heterocycles. The topological polar surface area (TPSA) is 72.9 Å². The van der Waals surface area contributed by atoms with E-state index in [-0.39, 0.29) is 59.8 Å². The van der Waals surface area contributed by atoms with Gasteiger partial charge < -0.3 is 4.74 Å². The van der Waals surface area contributed by atoms with Gasteiger partial charge in [-0.15, -0.1) is 12.4 Å². The number of nitrogens with zero attached hydrogens (tertiary/aromatic N) is 3. The number of aromatic nitrogens is 3. The third kappa shape index (κ3) is 8.61. The van der Waals surface area contributed by atoms with E-state index in [9.17, 15) is 18.0 Å². The quantitative estimate of drug-likeness (QED) is 0.191. The summed E-state index contributed by atoms with van der Waals surface area (Å²) in [5, 5.41) is 12.1. The van der Waals surface area contributed by atoms with Crippen LogP contribution < -0.4 is 5.69 Å². The molecule has 12 heteroatoms. The normalized spacial score (nSPS) is 10.3. The van der Waals surface area contributed by atoms with Crippen LogP contribution >= 0.6 is 35.6 Å². The fraction of sp³-hybridized carbons (Fsp3) is 0.222. The highest BCUT2D eigenvalue weighted by Crippen LogP contribution is 2.22. The van der Waals surface area contributed by atoms with E-state index in [2.05, 4.69) is 5.10 Å². The highest BCUT2D eigenvalue weighted by atomic mass is 35.5. The fourth-order valence-electron chi connectivity index (χ4n) is 3.56. The van der Waals surface area contributed by atoms with Gasteiger partial charge >= 0.3 is 5.69 Å². The van der Waals surface area contributed by atoms with Crippen LogP contribution in [0.25, 0.3) is 0 Å². The van der Waals surface area contributed by atoms with Gasteiger partial charge in [-0.2, -0.15) is 5.10 Å². The van der Waals surface area contributed by atoms with Crippen molar-refractivity contribution in [3.63, 3.8) is 0 Å². The van der Waals surface area contributed by atoms with Crippen LogP contribution in [0.4, 0.5) is 13.2 Å². The second-order valence-electron chi connectivity index (χ2n) is 8.15. The summed E-state index contributed by atoms with van der Waals surface area (Å²) in [6.45, 7) is 2.40. The van der Waals surface area contributed by atoms with Crippen LogP contribution in [0.1, 0.15) is 29.4 Å². The van der Waals surface area contributed by atoms with Crippen LogP contribution in [0.2, 0.25) is 10.0 Å². The molecule has 0 aliphatic heterocycles. The molecule has 4 rings (SSSR count). The molecule has 3 aromatic carbocycles. The van der Waals surface area contributed by atoms with Crippen molar-refractivity contribution in [2.24, 2.45) is 7.05 Å². The summed E-state index contributed by atoms with van der Waals surface area (Å²) in [4.78, 5) is 12.3. The number of hydrogen-bond acceptors (Lipinski definition) is 4. The first-order valence-electron chi connectivity index (χ1n) is 11.5. The third-order valence-electron chi connectivity index (χ3n) is 5.45. The molecule has 0 spiro atoms. The SMILES string of the molecule is CCOC(=N)Cc1c(F)cccc1Cl.Cl.Cn1nc(Cc2c(F)cccc2Cl)n(Cc2ccc(F)cc2)c1=O.